The summed E-state index contributed by atoms with van der Waals surface area (Å²) in [6.07, 6.45) is -1.66. The maximum atomic E-state index is 12.6. The number of carbonyl (C=O) groups is 1. The van der Waals surface area contributed by atoms with Gasteiger partial charge in [-0.25, -0.2) is 14.6 Å². The third-order valence-corrected chi connectivity index (χ3v) is 4.44. The molecule has 1 amide bonds. The van der Waals surface area contributed by atoms with Crippen LogP contribution >= 0.6 is 0 Å². The van der Waals surface area contributed by atoms with Gasteiger partial charge in [0, 0.05) is 19.3 Å². The minimum atomic E-state index is -4.54. The Morgan fingerprint density at radius 1 is 1.32 bits per heavy atom. The van der Waals surface area contributed by atoms with Crippen molar-refractivity contribution in [1.29, 1.82) is 0 Å². The molecule has 2 aromatic heterocycles. The van der Waals surface area contributed by atoms with Crippen molar-refractivity contribution in [1.82, 2.24) is 35.6 Å². The number of alkyl halides is 3. The first kappa shape index (κ1) is 20.0. The van der Waals surface area contributed by atoms with Crippen molar-refractivity contribution in [2.45, 2.75) is 32.0 Å². The van der Waals surface area contributed by atoms with Crippen LogP contribution in [0.2, 0.25) is 0 Å². The van der Waals surface area contributed by atoms with E-state index in [0.29, 0.717) is 5.69 Å². The standard InChI is InChI=1S/C16H21F3N8O/c1-10-13(25-26-27(10)11-2-5-20-6-3-11)14(28)21-8-9-23-15-22-7-4-12(24-15)16(17,18)19/h4,7,11,20H,2-3,5-6,8-9H2,1H3,(H,21,28)(H,22,23,24). The smallest absolute Gasteiger partial charge is 0.352 e. The van der Waals surface area contributed by atoms with Gasteiger partial charge in [0.15, 0.2) is 5.69 Å². The summed E-state index contributed by atoms with van der Waals surface area (Å²) in [5.74, 6) is -0.540. The lowest BCUT2D eigenvalue weighted by molar-refractivity contribution is -0.141. The second-order valence-electron chi connectivity index (χ2n) is 6.40. The van der Waals surface area contributed by atoms with Gasteiger partial charge < -0.3 is 16.0 Å². The average Bonchev–Trinajstić information content (AvgIpc) is 3.07. The topological polar surface area (TPSA) is 110 Å². The first-order chi connectivity index (χ1) is 13.4. The number of anilines is 1. The van der Waals surface area contributed by atoms with Crippen LogP contribution in [-0.2, 0) is 6.18 Å². The molecule has 0 bridgehead atoms. The third-order valence-electron chi connectivity index (χ3n) is 4.44. The first-order valence-corrected chi connectivity index (χ1v) is 8.91. The van der Waals surface area contributed by atoms with Gasteiger partial charge >= 0.3 is 6.18 Å². The van der Waals surface area contributed by atoms with Crippen LogP contribution < -0.4 is 16.0 Å². The van der Waals surface area contributed by atoms with Gasteiger partial charge in [-0.2, -0.15) is 13.2 Å². The van der Waals surface area contributed by atoms with Crippen molar-refractivity contribution in [3.05, 3.63) is 29.3 Å². The van der Waals surface area contributed by atoms with Gasteiger partial charge in [0.1, 0.15) is 5.69 Å². The lowest BCUT2D eigenvalue weighted by Crippen LogP contribution is -2.31. The maximum Gasteiger partial charge on any atom is 0.433 e. The number of aromatic nitrogens is 5. The summed E-state index contributed by atoms with van der Waals surface area (Å²) >= 11 is 0. The Morgan fingerprint density at radius 2 is 2.07 bits per heavy atom. The molecule has 1 fully saturated rings. The normalized spacial score (nSPS) is 15.4. The Hall–Kier alpha value is -2.76. The minimum Gasteiger partial charge on any atom is -0.352 e. The molecule has 1 saturated heterocycles. The van der Waals surface area contributed by atoms with Crippen LogP contribution in [0.3, 0.4) is 0 Å². The Kier molecular flexibility index (Phi) is 6.07. The fourth-order valence-electron chi connectivity index (χ4n) is 2.98. The van der Waals surface area contributed by atoms with Gasteiger partial charge in [0.2, 0.25) is 5.95 Å². The molecular formula is C16H21F3N8O. The molecule has 0 aromatic carbocycles. The van der Waals surface area contributed by atoms with Gasteiger partial charge in [-0.3, -0.25) is 4.79 Å². The van der Waals surface area contributed by atoms with Gasteiger partial charge in [-0.15, -0.1) is 5.10 Å². The minimum absolute atomic E-state index is 0.155. The Bertz CT molecular complexity index is 816. The summed E-state index contributed by atoms with van der Waals surface area (Å²) in [5.41, 5.74) is -0.0911. The predicted molar refractivity (Wildman–Crippen MR) is 93.8 cm³/mol. The van der Waals surface area contributed by atoms with E-state index >= 15 is 0 Å². The molecule has 0 unspecified atom stereocenters. The molecule has 1 aliphatic rings. The molecule has 0 aliphatic carbocycles. The lowest BCUT2D eigenvalue weighted by atomic mass is 10.1. The molecule has 12 heteroatoms. The molecule has 3 N–H and O–H groups in total. The molecule has 0 spiro atoms. The van der Waals surface area contributed by atoms with Crippen molar-refractivity contribution in [3.63, 3.8) is 0 Å². The van der Waals surface area contributed by atoms with E-state index in [-0.39, 0.29) is 36.7 Å². The highest BCUT2D eigenvalue weighted by Gasteiger charge is 2.32. The van der Waals surface area contributed by atoms with Gasteiger partial charge in [0.25, 0.3) is 5.91 Å². The molecule has 9 nitrogen and oxygen atoms in total. The van der Waals surface area contributed by atoms with Crippen molar-refractivity contribution >= 4 is 11.9 Å². The van der Waals surface area contributed by atoms with Crippen LogP contribution in [0, 0.1) is 6.92 Å². The summed E-state index contributed by atoms with van der Waals surface area (Å²) in [5, 5.41) is 16.7. The molecule has 28 heavy (non-hydrogen) atoms. The Balaban J connectivity index is 1.50. The van der Waals surface area contributed by atoms with E-state index in [0.717, 1.165) is 38.2 Å². The van der Waals surface area contributed by atoms with Crippen LogP contribution in [0.1, 0.15) is 40.8 Å². The zero-order chi connectivity index (χ0) is 20.1. The van der Waals surface area contributed by atoms with Gasteiger partial charge in [0.05, 0.1) is 11.7 Å². The molecule has 0 atom stereocenters. The van der Waals surface area contributed by atoms with E-state index in [2.05, 4.69) is 36.2 Å². The third kappa shape index (κ3) is 4.74. The molecule has 0 saturated carbocycles. The summed E-state index contributed by atoms with van der Waals surface area (Å²) in [4.78, 5) is 19.4. The molecule has 3 rings (SSSR count). The van der Waals surface area contributed by atoms with Crippen molar-refractivity contribution in [2.24, 2.45) is 0 Å². The number of hydrogen-bond donors (Lipinski definition) is 3. The van der Waals surface area contributed by atoms with Gasteiger partial charge in [-0.1, -0.05) is 5.21 Å². The summed E-state index contributed by atoms with van der Waals surface area (Å²) in [7, 11) is 0. The number of rotatable bonds is 6. The Morgan fingerprint density at radius 3 is 2.79 bits per heavy atom. The zero-order valence-corrected chi connectivity index (χ0v) is 15.3. The first-order valence-electron chi connectivity index (χ1n) is 8.91. The molecule has 3 heterocycles. The van der Waals surface area contributed by atoms with Crippen LogP contribution in [-0.4, -0.2) is 57.0 Å². The Labute approximate surface area is 159 Å². The largest absolute Gasteiger partial charge is 0.433 e. The molecule has 0 radical (unpaired) electrons. The number of carbonyl (C=O) groups excluding carboxylic acids is 1. The maximum absolute atomic E-state index is 12.6. The summed E-state index contributed by atoms with van der Waals surface area (Å²) in [6, 6.07) is 1.01. The number of nitrogens with zero attached hydrogens (tertiary/aromatic N) is 5. The van der Waals surface area contributed by atoms with Crippen LogP contribution in [0.5, 0.6) is 0 Å². The monoisotopic (exact) mass is 398 g/mol. The fourth-order valence-corrected chi connectivity index (χ4v) is 2.98. The highest BCUT2D eigenvalue weighted by Crippen LogP contribution is 2.27. The number of halogens is 3. The summed E-state index contributed by atoms with van der Waals surface area (Å²) < 4.78 is 39.7. The van der Waals surface area contributed by atoms with E-state index in [1.165, 1.54) is 0 Å². The highest BCUT2D eigenvalue weighted by atomic mass is 19.4. The fraction of sp³-hybridized carbons (Fsp3) is 0.562. The number of nitrogens with one attached hydrogen (secondary N) is 3. The van der Waals surface area contributed by atoms with Crippen LogP contribution in [0.15, 0.2) is 12.3 Å². The van der Waals surface area contributed by atoms with Gasteiger partial charge in [-0.05, 0) is 38.9 Å². The second-order valence-corrected chi connectivity index (χ2v) is 6.40. The van der Waals surface area contributed by atoms with Crippen molar-refractivity contribution in [3.8, 4) is 0 Å². The van der Waals surface area contributed by atoms with Crippen molar-refractivity contribution in [2.75, 3.05) is 31.5 Å². The lowest BCUT2D eigenvalue weighted by Gasteiger charge is -2.23. The highest BCUT2D eigenvalue weighted by molar-refractivity contribution is 5.93. The van der Waals surface area contributed by atoms with E-state index in [9.17, 15) is 18.0 Å². The average molecular weight is 398 g/mol. The number of piperidine rings is 1. The van der Waals surface area contributed by atoms with Crippen molar-refractivity contribution < 1.29 is 18.0 Å². The van der Waals surface area contributed by atoms with E-state index < -0.39 is 11.9 Å². The van der Waals surface area contributed by atoms with E-state index in [1.807, 2.05) is 0 Å². The van der Waals surface area contributed by atoms with Crippen LogP contribution in [0.25, 0.3) is 0 Å². The molecule has 2 aromatic rings. The number of hydrogen-bond acceptors (Lipinski definition) is 7. The predicted octanol–water partition coefficient (Wildman–Crippen LogP) is 1.16. The summed E-state index contributed by atoms with van der Waals surface area (Å²) in [6.45, 7) is 3.92. The molecule has 152 valence electrons. The quantitative estimate of drug-likeness (QED) is 0.627. The molecular weight excluding hydrogens is 377 g/mol. The van der Waals surface area contributed by atoms with E-state index in [1.54, 1.807) is 11.6 Å². The second kappa shape index (κ2) is 8.50. The SMILES string of the molecule is Cc1c(C(=O)NCCNc2nccc(C(F)(F)F)n2)nnn1C1CCNCC1. The number of amides is 1. The van der Waals surface area contributed by atoms with Crippen LogP contribution in [0.4, 0.5) is 19.1 Å². The zero-order valence-electron chi connectivity index (χ0n) is 15.3. The van der Waals surface area contributed by atoms with E-state index in [4.69, 9.17) is 0 Å². The molecule has 1 aliphatic heterocycles.